The Kier molecular flexibility index (Phi) is 8.91. The highest BCUT2D eigenvalue weighted by Crippen LogP contribution is 2.45. The first-order valence-electron chi connectivity index (χ1n) is 12.4. The molecule has 37 heavy (non-hydrogen) atoms. The van der Waals surface area contributed by atoms with Crippen molar-refractivity contribution >= 4 is 40.6 Å². The van der Waals surface area contributed by atoms with Gasteiger partial charge in [-0.1, -0.05) is 55.2 Å². The topological polar surface area (TPSA) is 64.6 Å². The average molecular weight is 540 g/mol. The summed E-state index contributed by atoms with van der Waals surface area (Å²) >= 11 is 12.6. The molecule has 0 aromatic heterocycles. The van der Waals surface area contributed by atoms with Gasteiger partial charge in [0, 0.05) is 27.2 Å². The van der Waals surface area contributed by atoms with E-state index in [4.69, 9.17) is 32.7 Å². The third-order valence-corrected chi connectivity index (χ3v) is 7.38. The highest BCUT2D eigenvalue weighted by atomic mass is 35.5. The lowest BCUT2D eigenvalue weighted by atomic mass is 9.76. The van der Waals surface area contributed by atoms with E-state index in [1.54, 1.807) is 30.3 Å². The number of anilines is 1. The zero-order chi connectivity index (χ0) is 26.5. The van der Waals surface area contributed by atoms with E-state index in [0.717, 1.165) is 17.5 Å². The molecule has 0 aliphatic carbocycles. The first-order valence-corrected chi connectivity index (χ1v) is 13.2. The van der Waals surface area contributed by atoms with Crippen molar-refractivity contribution < 1.29 is 19.1 Å². The number of amides is 1. The number of ether oxygens (including phenoxy) is 2. The highest BCUT2D eigenvalue weighted by Gasteiger charge is 2.35. The van der Waals surface area contributed by atoms with Crippen molar-refractivity contribution in [3.8, 4) is 5.75 Å². The van der Waals surface area contributed by atoms with E-state index in [9.17, 15) is 9.59 Å². The van der Waals surface area contributed by atoms with Gasteiger partial charge >= 0.3 is 0 Å². The monoisotopic (exact) mass is 539 g/mol. The molecule has 0 bridgehead atoms. The van der Waals surface area contributed by atoms with Gasteiger partial charge in [0.15, 0.2) is 12.4 Å². The number of hydrogen-bond acceptors (Lipinski definition) is 4. The molecular weight excluding hydrogens is 509 g/mol. The maximum atomic E-state index is 12.4. The molecule has 0 saturated carbocycles. The van der Waals surface area contributed by atoms with E-state index in [0.29, 0.717) is 39.6 Å². The molecule has 0 spiro atoms. The third kappa shape index (κ3) is 6.92. The van der Waals surface area contributed by atoms with Gasteiger partial charge in [-0.3, -0.25) is 9.59 Å². The van der Waals surface area contributed by atoms with Crippen LogP contribution in [0.5, 0.6) is 5.75 Å². The molecule has 3 atom stereocenters. The molecule has 3 aromatic rings. The van der Waals surface area contributed by atoms with Crippen LogP contribution in [-0.2, 0) is 9.53 Å². The van der Waals surface area contributed by atoms with Crippen molar-refractivity contribution in [2.24, 2.45) is 11.8 Å². The summed E-state index contributed by atoms with van der Waals surface area (Å²) in [6, 6.07) is 20.2. The van der Waals surface area contributed by atoms with Crippen LogP contribution >= 0.6 is 23.2 Å². The predicted octanol–water partition coefficient (Wildman–Crippen LogP) is 7.73. The second-order valence-corrected chi connectivity index (χ2v) is 10.6. The van der Waals surface area contributed by atoms with Crippen LogP contribution in [0.2, 0.25) is 10.0 Å². The van der Waals surface area contributed by atoms with Crippen molar-refractivity contribution in [1.29, 1.82) is 0 Å². The maximum Gasteiger partial charge on any atom is 0.262 e. The Morgan fingerprint density at radius 1 is 1.05 bits per heavy atom. The zero-order valence-corrected chi connectivity index (χ0v) is 22.7. The summed E-state index contributed by atoms with van der Waals surface area (Å²) in [5.41, 5.74) is 3.29. The molecule has 1 heterocycles. The first kappa shape index (κ1) is 27.2. The Hall–Kier alpha value is -2.86. The minimum Gasteiger partial charge on any atom is -0.484 e. The number of benzene rings is 3. The van der Waals surface area contributed by atoms with E-state index >= 15 is 0 Å². The minimum atomic E-state index is -0.280. The van der Waals surface area contributed by atoms with E-state index in [1.165, 1.54) is 6.92 Å². The molecule has 0 unspecified atom stereocenters. The van der Waals surface area contributed by atoms with Crippen LogP contribution in [0, 0.1) is 11.8 Å². The minimum absolute atomic E-state index is 0.0213. The fourth-order valence-corrected chi connectivity index (χ4v) is 5.36. The van der Waals surface area contributed by atoms with Gasteiger partial charge in [0.1, 0.15) is 5.75 Å². The van der Waals surface area contributed by atoms with Crippen molar-refractivity contribution in [2.45, 2.75) is 39.2 Å². The quantitative estimate of drug-likeness (QED) is 0.297. The lowest BCUT2D eigenvalue weighted by Gasteiger charge is -2.39. The Bertz CT molecular complexity index is 1260. The molecule has 1 fully saturated rings. The zero-order valence-electron chi connectivity index (χ0n) is 21.2. The highest BCUT2D eigenvalue weighted by molar-refractivity contribution is 6.35. The fourth-order valence-electron chi connectivity index (χ4n) is 4.79. The molecule has 0 radical (unpaired) electrons. The number of hydrogen-bond donors (Lipinski definition) is 1. The van der Waals surface area contributed by atoms with E-state index in [2.05, 4.69) is 19.2 Å². The molecule has 1 aliphatic rings. The largest absolute Gasteiger partial charge is 0.484 e. The van der Waals surface area contributed by atoms with Gasteiger partial charge in [-0.25, -0.2) is 0 Å². The Labute approximate surface area is 228 Å². The summed E-state index contributed by atoms with van der Waals surface area (Å²) < 4.78 is 12.2. The summed E-state index contributed by atoms with van der Waals surface area (Å²) in [5, 5.41) is 4.08. The standard InChI is InChI=1S/C30H31Cl2NO4/c1-18(2)27-14-22(26-12-9-23(31)15-28(26)32)16-37-30(27)21-5-4-6-25(13-21)36-17-29(35)33-24-10-7-20(8-11-24)19(3)34/h4-13,15,18,22,27,30H,14,16-17H2,1-3H3,(H,33,35)/t22-,27-,30-/m0/s1. The number of Topliss-reactive ketones (excluding diaryl/α,β-unsaturated/α-hetero) is 1. The Morgan fingerprint density at radius 2 is 1.81 bits per heavy atom. The molecule has 7 heteroatoms. The molecule has 1 saturated heterocycles. The lowest BCUT2D eigenvalue weighted by molar-refractivity contribution is -0.118. The van der Waals surface area contributed by atoms with E-state index in [-0.39, 0.29) is 36.2 Å². The number of carbonyl (C=O) groups excluding carboxylic acids is 2. The van der Waals surface area contributed by atoms with Gasteiger partial charge in [-0.15, -0.1) is 0 Å². The van der Waals surface area contributed by atoms with Crippen LogP contribution in [0.25, 0.3) is 0 Å². The molecule has 4 rings (SSSR count). The average Bonchev–Trinajstić information content (AvgIpc) is 2.87. The van der Waals surface area contributed by atoms with Crippen molar-refractivity contribution in [2.75, 3.05) is 18.5 Å². The Morgan fingerprint density at radius 3 is 2.49 bits per heavy atom. The number of halogens is 2. The van der Waals surface area contributed by atoms with Gasteiger partial charge in [-0.05, 0) is 84.8 Å². The molecule has 194 valence electrons. The third-order valence-electron chi connectivity index (χ3n) is 6.81. The predicted molar refractivity (Wildman–Crippen MR) is 148 cm³/mol. The van der Waals surface area contributed by atoms with Gasteiger partial charge in [0.25, 0.3) is 5.91 Å². The van der Waals surface area contributed by atoms with Crippen molar-refractivity contribution in [3.63, 3.8) is 0 Å². The summed E-state index contributed by atoms with van der Waals surface area (Å²) in [6.45, 7) is 6.35. The summed E-state index contributed by atoms with van der Waals surface area (Å²) in [6.07, 6.45) is 0.860. The van der Waals surface area contributed by atoms with E-state index < -0.39 is 0 Å². The van der Waals surface area contributed by atoms with Crippen LogP contribution in [0.15, 0.2) is 66.7 Å². The molecule has 5 nitrogen and oxygen atoms in total. The molecule has 1 amide bonds. The number of rotatable bonds is 8. The number of ketones is 1. The maximum absolute atomic E-state index is 12.4. The SMILES string of the molecule is CC(=O)c1ccc(NC(=O)COc2cccc([C@@H]3OC[C@@H](c4ccc(Cl)cc4Cl)C[C@H]3C(C)C)c2)cc1. The van der Waals surface area contributed by atoms with Crippen molar-refractivity contribution in [3.05, 3.63) is 93.5 Å². The Balaban J connectivity index is 1.40. The smallest absolute Gasteiger partial charge is 0.262 e. The van der Waals surface area contributed by atoms with Crippen molar-refractivity contribution in [1.82, 2.24) is 0 Å². The van der Waals surface area contributed by atoms with Gasteiger partial charge in [-0.2, -0.15) is 0 Å². The number of carbonyl (C=O) groups is 2. The van der Waals surface area contributed by atoms with Crippen LogP contribution in [0.4, 0.5) is 5.69 Å². The van der Waals surface area contributed by atoms with Crippen LogP contribution in [0.3, 0.4) is 0 Å². The van der Waals surface area contributed by atoms with Gasteiger partial charge < -0.3 is 14.8 Å². The molecule has 1 N–H and O–H groups in total. The second kappa shape index (κ2) is 12.1. The molecular formula is C30H31Cl2NO4. The molecule has 1 aliphatic heterocycles. The summed E-state index contributed by atoms with van der Waals surface area (Å²) in [7, 11) is 0. The second-order valence-electron chi connectivity index (χ2n) is 9.80. The van der Waals surface area contributed by atoms with Gasteiger partial charge in [0.05, 0.1) is 12.7 Å². The van der Waals surface area contributed by atoms with E-state index in [1.807, 2.05) is 36.4 Å². The lowest BCUT2D eigenvalue weighted by Crippen LogP contribution is -2.31. The number of nitrogens with one attached hydrogen (secondary N) is 1. The van der Waals surface area contributed by atoms with Crippen LogP contribution in [-0.4, -0.2) is 24.9 Å². The van der Waals surface area contributed by atoms with Crippen LogP contribution in [0.1, 0.15) is 60.7 Å². The summed E-state index contributed by atoms with van der Waals surface area (Å²) in [4.78, 5) is 23.8. The fraction of sp³-hybridized carbons (Fsp3) is 0.333. The normalized spacial score (nSPS) is 19.5. The van der Waals surface area contributed by atoms with Gasteiger partial charge in [0.2, 0.25) is 0 Å². The molecule has 3 aromatic carbocycles. The first-order chi connectivity index (χ1) is 17.7. The summed E-state index contributed by atoms with van der Waals surface area (Å²) in [5.74, 6) is 1.17. The van der Waals surface area contributed by atoms with Crippen LogP contribution < -0.4 is 10.1 Å².